The minimum absolute atomic E-state index is 0.528. The SMILES string of the molecule is O=C(/C=N\O)NO. The Labute approximate surface area is 39.2 Å². The molecule has 40 valence electrons. The van der Waals surface area contributed by atoms with E-state index < -0.39 is 5.91 Å². The molecule has 5 heteroatoms. The van der Waals surface area contributed by atoms with Crippen LogP contribution in [-0.2, 0) is 4.79 Å². The summed E-state index contributed by atoms with van der Waals surface area (Å²) in [6.45, 7) is 0. The molecule has 0 unspecified atom stereocenters. The Kier molecular flexibility index (Phi) is 2.62. The number of nitrogens with zero attached hydrogens (tertiary/aromatic N) is 1. The fourth-order valence-corrected chi connectivity index (χ4v) is 0.0813. The van der Waals surface area contributed by atoms with Gasteiger partial charge in [0.15, 0.2) is 0 Å². The van der Waals surface area contributed by atoms with Gasteiger partial charge in [-0.25, -0.2) is 5.48 Å². The lowest BCUT2D eigenvalue weighted by atomic mass is 10.7. The minimum atomic E-state index is -0.859. The average Bonchev–Trinajstić information content (AvgIpc) is 1.68. The molecule has 0 aliphatic carbocycles. The summed E-state index contributed by atoms with van der Waals surface area (Å²) in [5.41, 5.74) is 1.22. The standard InChI is InChI=1S/C2H4N2O3/c5-2(4-7)1-3-6/h1,6-7H,(H,4,5)/b3-1-. The summed E-state index contributed by atoms with van der Waals surface area (Å²) in [7, 11) is 0. The predicted molar refractivity (Wildman–Crippen MR) is 20.2 cm³/mol. The zero-order valence-corrected chi connectivity index (χ0v) is 3.33. The molecular weight excluding hydrogens is 100 g/mol. The average molecular weight is 104 g/mol. The largest absolute Gasteiger partial charge is 0.411 e. The highest BCUT2D eigenvalue weighted by Crippen LogP contribution is 1.51. The number of hydrogen-bond acceptors (Lipinski definition) is 4. The normalized spacial score (nSPS) is 9.29. The Hall–Kier alpha value is -1.10. The second kappa shape index (κ2) is 3.10. The first-order chi connectivity index (χ1) is 3.31. The highest BCUT2D eigenvalue weighted by Gasteiger charge is 1.86. The van der Waals surface area contributed by atoms with Crippen LogP contribution in [0, 0.1) is 0 Å². The van der Waals surface area contributed by atoms with E-state index in [1.165, 1.54) is 5.48 Å². The molecule has 0 saturated carbocycles. The summed E-state index contributed by atoms with van der Waals surface area (Å²) in [6, 6.07) is 0. The van der Waals surface area contributed by atoms with Crippen molar-refractivity contribution in [2.75, 3.05) is 0 Å². The van der Waals surface area contributed by atoms with Gasteiger partial charge in [0.05, 0.1) is 0 Å². The van der Waals surface area contributed by atoms with Crippen LogP contribution in [0.4, 0.5) is 0 Å². The summed E-state index contributed by atoms with van der Waals surface area (Å²) in [6.07, 6.45) is 0.528. The van der Waals surface area contributed by atoms with Crippen LogP contribution in [0.5, 0.6) is 0 Å². The van der Waals surface area contributed by atoms with Gasteiger partial charge in [-0.15, -0.1) is 0 Å². The van der Waals surface area contributed by atoms with Crippen LogP contribution in [0.15, 0.2) is 5.16 Å². The molecule has 0 saturated heterocycles. The van der Waals surface area contributed by atoms with Crippen molar-refractivity contribution in [2.45, 2.75) is 0 Å². The molecule has 0 bridgehead atoms. The molecule has 3 N–H and O–H groups in total. The lowest BCUT2D eigenvalue weighted by Gasteiger charge is -1.81. The maximum absolute atomic E-state index is 9.74. The molecular formula is C2H4N2O3. The molecule has 0 aliphatic rings. The van der Waals surface area contributed by atoms with Gasteiger partial charge in [-0.2, -0.15) is 0 Å². The van der Waals surface area contributed by atoms with Crippen LogP contribution < -0.4 is 5.48 Å². The summed E-state index contributed by atoms with van der Waals surface area (Å²) in [5, 5.41) is 17.5. The monoisotopic (exact) mass is 104 g/mol. The molecule has 0 fully saturated rings. The smallest absolute Gasteiger partial charge is 0.289 e. The lowest BCUT2D eigenvalue weighted by Crippen LogP contribution is -2.19. The predicted octanol–water partition coefficient (Wildman–Crippen LogP) is -1.05. The first-order valence-corrected chi connectivity index (χ1v) is 1.42. The summed E-state index contributed by atoms with van der Waals surface area (Å²) >= 11 is 0. The number of oxime groups is 1. The molecule has 0 rings (SSSR count). The fourth-order valence-electron chi connectivity index (χ4n) is 0.0813. The highest BCUT2D eigenvalue weighted by molar-refractivity contribution is 6.25. The molecule has 5 nitrogen and oxygen atoms in total. The lowest BCUT2D eigenvalue weighted by molar-refractivity contribution is -0.122. The second-order valence-electron chi connectivity index (χ2n) is 0.721. The van der Waals surface area contributed by atoms with E-state index in [-0.39, 0.29) is 0 Å². The van der Waals surface area contributed by atoms with Gasteiger partial charge in [0.25, 0.3) is 5.91 Å². The molecule has 7 heavy (non-hydrogen) atoms. The van der Waals surface area contributed by atoms with Gasteiger partial charge < -0.3 is 5.21 Å². The third-order valence-corrected chi connectivity index (χ3v) is 0.285. The zero-order valence-electron chi connectivity index (χ0n) is 3.33. The Morgan fingerprint density at radius 3 is 2.57 bits per heavy atom. The van der Waals surface area contributed by atoms with Crippen LogP contribution in [-0.4, -0.2) is 22.5 Å². The number of hydrogen-bond donors (Lipinski definition) is 3. The van der Waals surface area contributed by atoms with Gasteiger partial charge in [0.2, 0.25) is 0 Å². The molecule has 0 spiro atoms. The number of carbonyl (C=O) groups is 1. The Morgan fingerprint density at radius 2 is 2.43 bits per heavy atom. The van der Waals surface area contributed by atoms with Gasteiger partial charge in [-0.3, -0.25) is 10.0 Å². The Morgan fingerprint density at radius 1 is 1.86 bits per heavy atom. The van der Waals surface area contributed by atoms with Crippen molar-refractivity contribution in [3.63, 3.8) is 0 Å². The minimum Gasteiger partial charge on any atom is -0.411 e. The summed E-state index contributed by atoms with van der Waals surface area (Å²) < 4.78 is 0. The number of hydroxylamine groups is 1. The number of rotatable bonds is 1. The highest BCUT2D eigenvalue weighted by atomic mass is 16.5. The topological polar surface area (TPSA) is 81.9 Å². The maximum Gasteiger partial charge on any atom is 0.289 e. The van der Waals surface area contributed by atoms with E-state index in [1.54, 1.807) is 0 Å². The van der Waals surface area contributed by atoms with Crippen molar-refractivity contribution in [3.05, 3.63) is 0 Å². The summed E-state index contributed by atoms with van der Waals surface area (Å²) in [5.74, 6) is -0.859. The van der Waals surface area contributed by atoms with Gasteiger partial charge in [-0.05, 0) is 0 Å². The Bertz CT molecular complexity index is 88.9. The van der Waals surface area contributed by atoms with Crippen molar-refractivity contribution in [1.82, 2.24) is 5.48 Å². The van der Waals surface area contributed by atoms with Crippen molar-refractivity contribution in [2.24, 2.45) is 5.16 Å². The van der Waals surface area contributed by atoms with Crippen LogP contribution in [0.2, 0.25) is 0 Å². The molecule has 0 heterocycles. The van der Waals surface area contributed by atoms with E-state index in [9.17, 15) is 4.79 Å². The Balaban J connectivity index is 3.37. The van der Waals surface area contributed by atoms with E-state index in [1.807, 2.05) is 0 Å². The number of amides is 1. The zero-order chi connectivity index (χ0) is 5.70. The van der Waals surface area contributed by atoms with E-state index >= 15 is 0 Å². The van der Waals surface area contributed by atoms with E-state index in [4.69, 9.17) is 10.4 Å². The van der Waals surface area contributed by atoms with Crippen molar-refractivity contribution < 1.29 is 15.2 Å². The fraction of sp³-hybridized carbons (Fsp3) is 0. The van der Waals surface area contributed by atoms with E-state index in [2.05, 4.69) is 5.16 Å². The van der Waals surface area contributed by atoms with Gasteiger partial charge in [-0.1, -0.05) is 5.16 Å². The maximum atomic E-state index is 9.74. The van der Waals surface area contributed by atoms with Crippen LogP contribution in [0.3, 0.4) is 0 Å². The van der Waals surface area contributed by atoms with Crippen LogP contribution >= 0.6 is 0 Å². The van der Waals surface area contributed by atoms with E-state index in [0.717, 1.165) is 0 Å². The van der Waals surface area contributed by atoms with Crippen molar-refractivity contribution in [1.29, 1.82) is 0 Å². The molecule has 0 aromatic heterocycles. The molecule has 0 aliphatic heterocycles. The third kappa shape index (κ3) is 2.71. The van der Waals surface area contributed by atoms with Gasteiger partial charge in [0, 0.05) is 0 Å². The molecule has 0 aromatic carbocycles. The first-order valence-electron chi connectivity index (χ1n) is 1.42. The summed E-state index contributed by atoms with van der Waals surface area (Å²) in [4.78, 5) is 9.74. The molecule has 0 radical (unpaired) electrons. The van der Waals surface area contributed by atoms with Crippen LogP contribution in [0.25, 0.3) is 0 Å². The molecule has 0 aromatic rings. The first kappa shape index (κ1) is 5.90. The molecule has 1 amide bonds. The van der Waals surface area contributed by atoms with Crippen LogP contribution in [0.1, 0.15) is 0 Å². The second-order valence-corrected chi connectivity index (χ2v) is 0.721. The van der Waals surface area contributed by atoms with E-state index in [0.29, 0.717) is 6.21 Å². The van der Waals surface area contributed by atoms with Gasteiger partial charge >= 0.3 is 0 Å². The quantitative estimate of drug-likeness (QED) is 0.172. The number of carbonyl (C=O) groups excluding carboxylic acids is 1. The van der Waals surface area contributed by atoms with Gasteiger partial charge in [0.1, 0.15) is 6.21 Å². The van der Waals surface area contributed by atoms with Crippen molar-refractivity contribution in [3.8, 4) is 0 Å². The van der Waals surface area contributed by atoms with Crippen molar-refractivity contribution >= 4 is 12.1 Å². The number of nitrogens with one attached hydrogen (secondary N) is 1. The third-order valence-electron chi connectivity index (χ3n) is 0.285. The molecule has 0 atom stereocenters.